The van der Waals surface area contributed by atoms with Crippen molar-refractivity contribution in [1.82, 2.24) is 4.90 Å². The fraction of sp³-hybridized carbons (Fsp3) is 0.312. The van der Waals surface area contributed by atoms with Crippen LogP contribution in [0, 0.1) is 0 Å². The van der Waals surface area contributed by atoms with Gasteiger partial charge in [0.1, 0.15) is 5.75 Å². The van der Waals surface area contributed by atoms with Gasteiger partial charge in [0.15, 0.2) is 0 Å². The molecule has 3 rings (SSSR count). The van der Waals surface area contributed by atoms with E-state index in [0.717, 1.165) is 13.0 Å². The molecule has 104 valence electrons. The lowest BCUT2D eigenvalue weighted by Crippen LogP contribution is -2.35. The maximum absolute atomic E-state index is 12.7. The molecule has 0 radical (unpaired) electrons. The lowest BCUT2D eigenvalue weighted by atomic mass is 10.1. The second-order valence-electron chi connectivity index (χ2n) is 4.77. The van der Waals surface area contributed by atoms with Crippen molar-refractivity contribution in [3.8, 4) is 5.75 Å². The Hall–Kier alpha value is -1.81. The number of benzene rings is 1. The predicted octanol–water partition coefficient (Wildman–Crippen LogP) is 3.35. The van der Waals surface area contributed by atoms with Crippen LogP contribution in [0.1, 0.15) is 27.7 Å². The topological polar surface area (TPSA) is 29.5 Å². The van der Waals surface area contributed by atoms with Gasteiger partial charge in [-0.3, -0.25) is 4.79 Å². The van der Waals surface area contributed by atoms with Crippen LogP contribution < -0.4 is 4.74 Å². The van der Waals surface area contributed by atoms with Gasteiger partial charge in [-0.15, -0.1) is 11.3 Å². The number of fused-ring (bicyclic) bond motifs is 1. The third kappa shape index (κ3) is 2.43. The Bertz CT molecular complexity index is 620. The molecule has 4 heteroatoms. The minimum atomic E-state index is 0.0610. The minimum Gasteiger partial charge on any atom is -0.493 e. The Labute approximate surface area is 122 Å². The highest BCUT2D eigenvalue weighted by molar-refractivity contribution is 7.10. The second-order valence-corrected chi connectivity index (χ2v) is 5.78. The Morgan fingerprint density at radius 2 is 2.20 bits per heavy atom. The van der Waals surface area contributed by atoms with E-state index in [1.54, 1.807) is 11.3 Å². The molecule has 0 spiro atoms. The monoisotopic (exact) mass is 287 g/mol. The number of hydrogen-bond acceptors (Lipinski definition) is 3. The molecule has 2 heterocycles. The standard InChI is InChI=1S/C16H17NO2S/c1-2-19-14-6-4-3-5-13(14)16(18)17-9-7-15-12(11-17)8-10-20-15/h3-6,8,10H,2,7,9,11H2,1H3. The number of nitrogens with zero attached hydrogens (tertiary/aromatic N) is 1. The molecule has 0 bridgehead atoms. The van der Waals surface area contributed by atoms with Crippen LogP contribution in [0.15, 0.2) is 35.7 Å². The molecule has 20 heavy (non-hydrogen) atoms. The predicted molar refractivity (Wildman–Crippen MR) is 80.4 cm³/mol. The number of amides is 1. The fourth-order valence-corrected chi connectivity index (χ4v) is 3.41. The van der Waals surface area contributed by atoms with Gasteiger partial charge in [0.25, 0.3) is 5.91 Å². The molecule has 0 fully saturated rings. The van der Waals surface area contributed by atoms with Crippen LogP contribution in [0.25, 0.3) is 0 Å². The summed E-state index contributed by atoms with van der Waals surface area (Å²) in [4.78, 5) is 16.0. The third-order valence-electron chi connectivity index (χ3n) is 3.51. The normalized spacial score (nSPS) is 13.9. The molecule has 1 aromatic carbocycles. The van der Waals surface area contributed by atoms with E-state index in [9.17, 15) is 4.79 Å². The van der Waals surface area contributed by atoms with Crippen molar-refractivity contribution in [2.45, 2.75) is 19.9 Å². The smallest absolute Gasteiger partial charge is 0.257 e. The zero-order chi connectivity index (χ0) is 13.9. The molecule has 0 atom stereocenters. The summed E-state index contributed by atoms with van der Waals surface area (Å²) in [5, 5.41) is 2.10. The van der Waals surface area contributed by atoms with Crippen molar-refractivity contribution in [2.24, 2.45) is 0 Å². The summed E-state index contributed by atoms with van der Waals surface area (Å²) in [7, 11) is 0. The molecule has 2 aromatic rings. The lowest BCUT2D eigenvalue weighted by Gasteiger charge is -2.27. The number of carbonyl (C=O) groups is 1. The second kappa shape index (κ2) is 5.67. The molecule has 0 saturated heterocycles. The maximum atomic E-state index is 12.7. The van der Waals surface area contributed by atoms with Crippen LogP contribution in [0.4, 0.5) is 0 Å². The molecule has 1 amide bonds. The van der Waals surface area contributed by atoms with E-state index in [1.807, 2.05) is 36.1 Å². The van der Waals surface area contributed by atoms with Gasteiger partial charge in [0.2, 0.25) is 0 Å². The number of carbonyl (C=O) groups excluding carboxylic acids is 1. The van der Waals surface area contributed by atoms with Crippen molar-refractivity contribution in [3.63, 3.8) is 0 Å². The Balaban J connectivity index is 1.83. The maximum Gasteiger partial charge on any atom is 0.257 e. The summed E-state index contributed by atoms with van der Waals surface area (Å²) in [6.45, 7) is 3.99. The zero-order valence-electron chi connectivity index (χ0n) is 11.5. The van der Waals surface area contributed by atoms with Crippen molar-refractivity contribution >= 4 is 17.2 Å². The molecular weight excluding hydrogens is 270 g/mol. The highest BCUT2D eigenvalue weighted by Gasteiger charge is 2.24. The van der Waals surface area contributed by atoms with Crippen LogP contribution in [-0.4, -0.2) is 24.0 Å². The molecule has 1 aliphatic heterocycles. The van der Waals surface area contributed by atoms with E-state index in [2.05, 4.69) is 11.4 Å². The lowest BCUT2D eigenvalue weighted by molar-refractivity contribution is 0.0731. The van der Waals surface area contributed by atoms with E-state index in [-0.39, 0.29) is 5.91 Å². The van der Waals surface area contributed by atoms with Gasteiger partial charge in [0.05, 0.1) is 12.2 Å². The first kappa shape index (κ1) is 13.2. The van der Waals surface area contributed by atoms with Gasteiger partial charge in [0, 0.05) is 18.0 Å². The van der Waals surface area contributed by atoms with Crippen LogP contribution in [0.3, 0.4) is 0 Å². The Morgan fingerprint density at radius 3 is 3.05 bits per heavy atom. The number of hydrogen-bond donors (Lipinski definition) is 0. The zero-order valence-corrected chi connectivity index (χ0v) is 12.3. The highest BCUT2D eigenvalue weighted by Crippen LogP contribution is 2.27. The number of rotatable bonds is 3. The van der Waals surface area contributed by atoms with Gasteiger partial charge >= 0.3 is 0 Å². The number of ether oxygens (including phenoxy) is 1. The van der Waals surface area contributed by atoms with Gasteiger partial charge in [-0.25, -0.2) is 0 Å². The van der Waals surface area contributed by atoms with Crippen molar-refractivity contribution in [3.05, 3.63) is 51.7 Å². The molecule has 1 aliphatic rings. The number of para-hydroxylation sites is 1. The van der Waals surface area contributed by atoms with Gasteiger partial charge < -0.3 is 9.64 Å². The van der Waals surface area contributed by atoms with Crippen LogP contribution in [-0.2, 0) is 13.0 Å². The van der Waals surface area contributed by atoms with E-state index in [0.29, 0.717) is 24.5 Å². The molecule has 0 saturated carbocycles. The first-order chi connectivity index (χ1) is 9.79. The average molecular weight is 287 g/mol. The fourth-order valence-electron chi connectivity index (χ4n) is 2.52. The Kier molecular flexibility index (Phi) is 3.74. The van der Waals surface area contributed by atoms with Crippen LogP contribution in [0.2, 0.25) is 0 Å². The van der Waals surface area contributed by atoms with Crippen molar-refractivity contribution < 1.29 is 9.53 Å². The molecule has 3 nitrogen and oxygen atoms in total. The van der Waals surface area contributed by atoms with E-state index in [1.165, 1.54) is 10.4 Å². The van der Waals surface area contributed by atoms with Gasteiger partial charge in [-0.2, -0.15) is 0 Å². The summed E-state index contributed by atoms with van der Waals surface area (Å²) >= 11 is 1.78. The SMILES string of the molecule is CCOc1ccccc1C(=O)N1CCc2sccc2C1. The summed E-state index contributed by atoms with van der Waals surface area (Å²) in [5.74, 6) is 0.738. The first-order valence-electron chi connectivity index (χ1n) is 6.86. The Morgan fingerprint density at radius 1 is 1.35 bits per heavy atom. The van der Waals surface area contributed by atoms with Crippen LogP contribution >= 0.6 is 11.3 Å². The van der Waals surface area contributed by atoms with Gasteiger partial charge in [-0.05, 0) is 42.5 Å². The molecule has 1 aromatic heterocycles. The summed E-state index contributed by atoms with van der Waals surface area (Å²) < 4.78 is 5.56. The minimum absolute atomic E-state index is 0.0610. The molecular formula is C16H17NO2S. The molecule has 0 aliphatic carbocycles. The molecule has 0 N–H and O–H groups in total. The summed E-state index contributed by atoms with van der Waals surface area (Å²) in [6.07, 6.45) is 0.954. The first-order valence-corrected chi connectivity index (χ1v) is 7.74. The largest absolute Gasteiger partial charge is 0.493 e. The van der Waals surface area contributed by atoms with E-state index in [4.69, 9.17) is 4.74 Å². The van der Waals surface area contributed by atoms with Crippen LogP contribution in [0.5, 0.6) is 5.75 Å². The van der Waals surface area contributed by atoms with E-state index < -0.39 is 0 Å². The summed E-state index contributed by atoms with van der Waals surface area (Å²) in [5.41, 5.74) is 1.94. The van der Waals surface area contributed by atoms with Crippen molar-refractivity contribution in [2.75, 3.05) is 13.2 Å². The quantitative estimate of drug-likeness (QED) is 0.866. The third-order valence-corrected chi connectivity index (χ3v) is 4.54. The summed E-state index contributed by atoms with van der Waals surface area (Å²) in [6, 6.07) is 9.60. The number of thiophene rings is 1. The molecule has 0 unspecified atom stereocenters. The van der Waals surface area contributed by atoms with E-state index >= 15 is 0 Å². The van der Waals surface area contributed by atoms with Crippen molar-refractivity contribution in [1.29, 1.82) is 0 Å². The average Bonchev–Trinajstić information content (AvgIpc) is 2.95. The highest BCUT2D eigenvalue weighted by atomic mass is 32.1. The van der Waals surface area contributed by atoms with Gasteiger partial charge in [-0.1, -0.05) is 12.1 Å².